The molecule has 0 fully saturated rings. The number of carbonyl (C=O) groups excluding carboxylic acids is 1. The summed E-state index contributed by atoms with van der Waals surface area (Å²) in [6.07, 6.45) is 0. The number of nitrogens with one attached hydrogen (secondary N) is 2. The summed E-state index contributed by atoms with van der Waals surface area (Å²) < 4.78 is 26.4. The van der Waals surface area contributed by atoms with Crippen molar-refractivity contribution < 1.29 is 13.6 Å². The first-order valence-corrected chi connectivity index (χ1v) is 9.54. The van der Waals surface area contributed by atoms with Crippen LogP contribution in [0.2, 0.25) is 0 Å². The summed E-state index contributed by atoms with van der Waals surface area (Å²) in [5.74, 6) is 0.488. The zero-order valence-corrected chi connectivity index (χ0v) is 15.0. The minimum atomic E-state index is -0.488. The quantitative estimate of drug-likeness (QED) is 0.627. The van der Waals surface area contributed by atoms with Gasteiger partial charge in [-0.1, -0.05) is 29.5 Å². The fraction of sp³-hybridized carbons (Fsp3) is 0.118. The molecule has 0 bridgehead atoms. The van der Waals surface area contributed by atoms with Crippen LogP contribution in [0.1, 0.15) is 10.6 Å². The van der Waals surface area contributed by atoms with Gasteiger partial charge >= 0.3 is 6.03 Å². The molecule has 0 spiro atoms. The van der Waals surface area contributed by atoms with Crippen molar-refractivity contribution in [2.24, 2.45) is 0 Å². The zero-order chi connectivity index (χ0) is 18.4. The van der Waals surface area contributed by atoms with Gasteiger partial charge in [-0.2, -0.15) is 0 Å². The molecule has 2 amide bonds. The number of urea groups is 1. The van der Waals surface area contributed by atoms with Gasteiger partial charge in [0.2, 0.25) is 5.13 Å². The molecule has 26 heavy (non-hydrogen) atoms. The van der Waals surface area contributed by atoms with E-state index in [0.29, 0.717) is 27.9 Å². The highest BCUT2D eigenvalue weighted by molar-refractivity contribution is 7.97. The standard InChI is InChI=1S/C17H14F2N4OS2/c18-12-5-7-13(8-6-12)20-16(24)21-17-23-22-15(26-17)10-25-9-11-3-1-2-4-14(11)19/h1-8H,9-10H2,(H2,20,21,23,24). The molecule has 2 aromatic carbocycles. The molecule has 3 rings (SSSR count). The lowest BCUT2D eigenvalue weighted by Crippen LogP contribution is -2.19. The number of benzene rings is 2. The van der Waals surface area contributed by atoms with Crippen molar-refractivity contribution in [1.29, 1.82) is 0 Å². The molecule has 3 aromatic rings. The Bertz CT molecular complexity index is 886. The molecule has 2 N–H and O–H groups in total. The number of thioether (sulfide) groups is 1. The summed E-state index contributed by atoms with van der Waals surface area (Å²) in [6.45, 7) is 0. The van der Waals surface area contributed by atoms with Crippen molar-refractivity contribution in [3.8, 4) is 0 Å². The van der Waals surface area contributed by atoms with Crippen molar-refractivity contribution in [3.05, 3.63) is 70.7 Å². The number of hydrogen-bond donors (Lipinski definition) is 2. The van der Waals surface area contributed by atoms with Crippen molar-refractivity contribution in [3.63, 3.8) is 0 Å². The van der Waals surface area contributed by atoms with E-state index in [-0.39, 0.29) is 11.6 Å². The van der Waals surface area contributed by atoms with Gasteiger partial charge in [-0.3, -0.25) is 5.32 Å². The number of aromatic nitrogens is 2. The highest BCUT2D eigenvalue weighted by Gasteiger charge is 2.09. The van der Waals surface area contributed by atoms with Crippen molar-refractivity contribution >= 4 is 39.9 Å². The third-order valence-electron chi connectivity index (χ3n) is 3.23. The van der Waals surface area contributed by atoms with Crippen molar-refractivity contribution in [2.45, 2.75) is 11.5 Å². The van der Waals surface area contributed by atoms with E-state index in [1.165, 1.54) is 53.4 Å². The molecular formula is C17H14F2N4OS2. The van der Waals surface area contributed by atoms with E-state index in [4.69, 9.17) is 0 Å². The topological polar surface area (TPSA) is 66.9 Å². The summed E-state index contributed by atoms with van der Waals surface area (Å²) in [5.41, 5.74) is 1.10. The summed E-state index contributed by atoms with van der Waals surface area (Å²) in [5, 5.41) is 14.1. The fourth-order valence-corrected chi connectivity index (χ4v) is 3.82. The first-order valence-electron chi connectivity index (χ1n) is 7.57. The van der Waals surface area contributed by atoms with Crippen LogP contribution in [0.5, 0.6) is 0 Å². The predicted molar refractivity (Wildman–Crippen MR) is 100 cm³/mol. The van der Waals surface area contributed by atoms with Gasteiger partial charge in [0, 0.05) is 17.2 Å². The van der Waals surface area contributed by atoms with Crippen LogP contribution in [0.15, 0.2) is 48.5 Å². The molecule has 1 aromatic heterocycles. The number of hydrogen-bond acceptors (Lipinski definition) is 5. The number of halogens is 2. The first-order chi connectivity index (χ1) is 12.6. The Morgan fingerprint density at radius 3 is 2.54 bits per heavy atom. The average Bonchev–Trinajstić information content (AvgIpc) is 3.06. The van der Waals surface area contributed by atoms with Crippen molar-refractivity contribution in [2.75, 3.05) is 10.6 Å². The third kappa shape index (κ3) is 5.24. The van der Waals surface area contributed by atoms with E-state index < -0.39 is 6.03 Å². The maximum Gasteiger partial charge on any atom is 0.325 e. The van der Waals surface area contributed by atoms with Crippen LogP contribution in [0.4, 0.5) is 24.4 Å². The molecule has 0 unspecified atom stereocenters. The number of nitrogens with zero attached hydrogens (tertiary/aromatic N) is 2. The lowest BCUT2D eigenvalue weighted by molar-refractivity contribution is 0.262. The van der Waals surface area contributed by atoms with E-state index >= 15 is 0 Å². The van der Waals surface area contributed by atoms with E-state index in [1.54, 1.807) is 18.2 Å². The normalized spacial score (nSPS) is 10.5. The Morgan fingerprint density at radius 2 is 1.77 bits per heavy atom. The number of anilines is 2. The van der Waals surface area contributed by atoms with Crippen LogP contribution in [0, 0.1) is 11.6 Å². The molecule has 0 aliphatic carbocycles. The fourth-order valence-electron chi connectivity index (χ4n) is 2.02. The summed E-state index contributed by atoms with van der Waals surface area (Å²) in [4.78, 5) is 11.9. The SMILES string of the molecule is O=C(Nc1ccc(F)cc1)Nc1nnc(CSCc2ccccc2F)s1. The molecular weight excluding hydrogens is 378 g/mol. The van der Waals surface area contributed by atoms with Gasteiger partial charge in [0.15, 0.2) is 0 Å². The van der Waals surface area contributed by atoms with Crippen LogP contribution < -0.4 is 10.6 Å². The van der Waals surface area contributed by atoms with Crippen LogP contribution in [-0.4, -0.2) is 16.2 Å². The number of amides is 2. The maximum absolute atomic E-state index is 13.6. The molecule has 9 heteroatoms. The van der Waals surface area contributed by atoms with Gasteiger partial charge in [-0.05, 0) is 35.9 Å². The van der Waals surface area contributed by atoms with Gasteiger partial charge in [-0.15, -0.1) is 22.0 Å². The molecule has 0 radical (unpaired) electrons. The monoisotopic (exact) mass is 392 g/mol. The molecule has 0 aliphatic rings. The van der Waals surface area contributed by atoms with E-state index in [2.05, 4.69) is 20.8 Å². The number of rotatable bonds is 6. The van der Waals surface area contributed by atoms with Gasteiger partial charge in [0.25, 0.3) is 0 Å². The first kappa shape index (κ1) is 18.3. The van der Waals surface area contributed by atoms with Crippen molar-refractivity contribution in [1.82, 2.24) is 10.2 Å². The highest BCUT2D eigenvalue weighted by atomic mass is 32.2. The van der Waals surface area contributed by atoms with E-state index in [9.17, 15) is 13.6 Å². The van der Waals surface area contributed by atoms with Crippen LogP contribution in [-0.2, 0) is 11.5 Å². The van der Waals surface area contributed by atoms with Gasteiger partial charge in [0.05, 0.1) is 0 Å². The average molecular weight is 392 g/mol. The predicted octanol–water partition coefficient (Wildman–Crippen LogP) is 4.89. The van der Waals surface area contributed by atoms with Crippen LogP contribution in [0.25, 0.3) is 0 Å². The lowest BCUT2D eigenvalue weighted by Gasteiger charge is -2.04. The van der Waals surface area contributed by atoms with Gasteiger partial charge < -0.3 is 5.32 Å². The number of carbonyl (C=O) groups is 1. The molecule has 0 saturated carbocycles. The Morgan fingerprint density at radius 1 is 1.00 bits per heavy atom. The second kappa shape index (κ2) is 8.72. The molecule has 134 valence electrons. The Hall–Kier alpha value is -2.52. The molecule has 0 saturated heterocycles. The second-order valence-electron chi connectivity index (χ2n) is 5.17. The molecule has 0 aliphatic heterocycles. The summed E-state index contributed by atoms with van der Waals surface area (Å²) >= 11 is 2.76. The van der Waals surface area contributed by atoms with E-state index in [1.807, 2.05) is 0 Å². The van der Waals surface area contributed by atoms with Crippen LogP contribution in [0.3, 0.4) is 0 Å². The largest absolute Gasteiger partial charge is 0.325 e. The van der Waals surface area contributed by atoms with Crippen LogP contribution >= 0.6 is 23.1 Å². The van der Waals surface area contributed by atoms with Gasteiger partial charge in [-0.25, -0.2) is 13.6 Å². The molecule has 5 nitrogen and oxygen atoms in total. The van der Waals surface area contributed by atoms with E-state index in [0.717, 1.165) is 5.01 Å². The Labute approximate surface area is 156 Å². The summed E-state index contributed by atoms with van der Waals surface area (Å²) in [7, 11) is 0. The maximum atomic E-state index is 13.6. The van der Waals surface area contributed by atoms with Gasteiger partial charge in [0.1, 0.15) is 16.6 Å². The smallest absolute Gasteiger partial charge is 0.308 e. The highest BCUT2D eigenvalue weighted by Crippen LogP contribution is 2.23. The second-order valence-corrected chi connectivity index (χ2v) is 7.22. The minimum Gasteiger partial charge on any atom is -0.308 e. The Kier molecular flexibility index (Phi) is 6.13. The lowest BCUT2D eigenvalue weighted by atomic mass is 10.2. The minimum absolute atomic E-state index is 0.225. The molecule has 0 atom stereocenters. The zero-order valence-electron chi connectivity index (χ0n) is 13.4. The Balaban J connectivity index is 1.47. The molecule has 1 heterocycles. The summed E-state index contributed by atoms with van der Waals surface area (Å²) in [6, 6.07) is 11.6. The third-order valence-corrected chi connectivity index (χ3v) is 5.24.